The van der Waals surface area contributed by atoms with Crippen LogP contribution in [-0.2, 0) is 6.42 Å². The Morgan fingerprint density at radius 3 is 2.75 bits per heavy atom. The molecule has 0 amide bonds. The number of pyridine rings is 1. The van der Waals surface area contributed by atoms with Crippen LogP contribution >= 0.6 is 0 Å². The van der Waals surface area contributed by atoms with E-state index < -0.39 is 0 Å². The molecule has 1 saturated carbocycles. The zero-order chi connectivity index (χ0) is 11.4. The molecule has 1 aliphatic rings. The topological polar surface area (TPSA) is 24.9 Å². The van der Waals surface area contributed by atoms with Gasteiger partial charge in [-0.15, -0.1) is 0 Å². The van der Waals surface area contributed by atoms with Crippen molar-refractivity contribution in [1.82, 2.24) is 10.3 Å². The average Bonchev–Trinajstić information content (AvgIpc) is 3.07. The van der Waals surface area contributed by atoms with E-state index in [2.05, 4.69) is 36.3 Å². The molecule has 0 saturated heterocycles. The van der Waals surface area contributed by atoms with Crippen molar-refractivity contribution in [3.63, 3.8) is 0 Å². The fourth-order valence-electron chi connectivity index (χ4n) is 2.22. The van der Waals surface area contributed by atoms with E-state index in [0.29, 0.717) is 5.41 Å². The molecule has 0 bridgehead atoms. The highest BCUT2D eigenvalue weighted by atomic mass is 14.9. The van der Waals surface area contributed by atoms with Crippen LogP contribution in [-0.4, -0.2) is 18.1 Å². The smallest absolute Gasteiger partial charge is 0.0416 e. The predicted octanol–water partition coefficient (Wildman–Crippen LogP) is 2.65. The van der Waals surface area contributed by atoms with Gasteiger partial charge >= 0.3 is 0 Å². The van der Waals surface area contributed by atoms with Crippen LogP contribution in [0, 0.1) is 11.3 Å². The highest BCUT2D eigenvalue weighted by Crippen LogP contribution is 2.51. The summed E-state index contributed by atoms with van der Waals surface area (Å²) < 4.78 is 0. The molecule has 0 spiro atoms. The maximum atomic E-state index is 4.32. The molecule has 0 aromatic carbocycles. The minimum Gasteiger partial charge on any atom is -0.316 e. The van der Waals surface area contributed by atoms with Crippen molar-refractivity contribution >= 4 is 0 Å². The second kappa shape index (κ2) is 4.96. The van der Waals surface area contributed by atoms with Gasteiger partial charge in [0.15, 0.2) is 0 Å². The molecule has 16 heavy (non-hydrogen) atoms. The summed E-state index contributed by atoms with van der Waals surface area (Å²) in [5.41, 5.74) is 1.80. The summed E-state index contributed by atoms with van der Waals surface area (Å²) in [4.78, 5) is 4.32. The van der Waals surface area contributed by atoms with Gasteiger partial charge in [-0.1, -0.05) is 19.9 Å². The van der Waals surface area contributed by atoms with E-state index in [0.717, 1.165) is 18.9 Å². The van der Waals surface area contributed by atoms with Crippen molar-refractivity contribution in [2.24, 2.45) is 11.3 Å². The molecule has 0 atom stereocenters. The monoisotopic (exact) mass is 218 g/mol. The summed E-state index contributed by atoms with van der Waals surface area (Å²) in [7, 11) is 0. The highest BCUT2D eigenvalue weighted by molar-refractivity contribution is 5.04. The minimum atomic E-state index is 0.615. The third-order valence-electron chi connectivity index (χ3n) is 3.88. The molecule has 1 aliphatic carbocycles. The molecule has 2 heteroatoms. The molecule has 88 valence electrons. The third kappa shape index (κ3) is 2.82. The molecule has 0 radical (unpaired) electrons. The van der Waals surface area contributed by atoms with Crippen molar-refractivity contribution in [1.29, 1.82) is 0 Å². The number of aromatic nitrogens is 1. The van der Waals surface area contributed by atoms with E-state index in [1.807, 2.05) is 12.3 Å². The summed E-state index contributed by atoms with van der Waals surface area (Å²) in [6, 6.07) is 6.12. The number of nitrogens with zero attached hydrogens (tertiary/aromatic N) is 1. The van der Waals surface area contributed by atoms with Gasteiger partial charge in [0.25, 0.3) is 0 Å². The summed E-state index contributed by atoms with van der Waals surface area (Å²) in [6.07, 6.45) is 5.71. The Balaban J connectivity index is 1.66. The molecule has 1 aromatic heterocycles. The van der Waals surface area contributed by atoms with Crippen LogP contribution in [0.3, 0.4) is 0 Å². The molecule has 2 nitrogen and oxygen atoms in total. The maximum Gasteiger partial charge on any atom is 0.0416 e. The van der Waals surface area contributed by atoms with Gasteiger partial charge in [-0.25, -0.2) is 0 Å². The summed E-state index contributed by atoms with van der Waals surface area (Å²) in [5, 5.41) is 3.58. The molecule has 2 rings (SSSR count). The maximum absolute atomic E-state index is 4.32. The Labute approximate surface area is 98.5 Å². The summed E-state index contributed by atoms with van der Waals surface area (Å²) in [6.45, 7) is 6.91. The fraction of sp³-hybridized carbons (Fsp3) is 0.643. The van der Waals surface area contributed by atoms with Gasteiger partial charge < -0.3 is 5.32 Å². The van der Waals surface area contributed by atoms with Crippen molar-refractivity contribution < 1.29 is 0 Å². The first-order valence-corrected chi connectivity index (χ1v) is 6.34. The molecular weight excluding hydrogens is 196 g/mol. The van der Waals surface area contributed by atoms with E-state index in [1.54, 1.807) is 0 Å². The molecular formula is C14H22N2. The van der Waals surface area contributed by atoms with Gasteiger partial charge in [0.2, 0.25) is 0 Å². The molecule has 1 heterocycles. The summed E-state index contributed by atoms with van der Waals surface area (Å²) in [5.74, 6) is 0.815. The lowest BCUT2D eigenvalue weighted by molar-refractivity contribution is 0.339. The Hall–Kier alpha value is -0.890. The van der Waals surface area contributed by atoms with Crippen LogP contribution in [0.15, 0.2) is 24.4 Å². The van der Waals surface area contributed by atoms with E-state index in [9.17, 15) is 0 Å². The zero-order valence-corrected chi connectivity index (χ0v) is 10.4. The van der Waals surface area contributed by atoms with Gasteiger partial charge in [-0.05, 0) is 36.3 Å². The highest BCUT2D eigenvalue weighted by Gasteiger charge is 2.44. The van der Waals surface area contributed by atoms with E-state index >= 15 is 0 Å². The van der Waals surface area contributed by atoms with Crippen molar-refractivity contribution in [3.05, 3.63) is 30.1 Å². The Morgan fingerprint density at radius 2 is 2.19 bits per heavy atom. The summed E-state index contributed by atoms with van der Waals surface area (Å²) >= 11 is 0. The van der Waals surface area contributed by atoms with Crippen LogP contribution in [0.1, 0.15) is 32.4 Å². The molecule has 0 unspecified atom stereocenters. The lowest BCUT2D eigenvalue weighted by Crippen LogP contribution is -2.29. The first-order chi connectivity index (χ1) is 7.73. The lowest BCUT2D eigenvalue weighted by Gasteiger charge is -2.19. The van der Waals surface area contributed by atoms with Crippen LogP contribution in [0.4, 0.5) is 0 Å². The average molecular weight is 218 g/mol. The second-order valence-corrected chi connectivity index (χ2v) is 5.26. The Bertz CT molecular complexity index is 315. The Kier molecular flexibility index (Phi) is 3.59. The quantitative estimate of drug-likeness (QED) is 0.743. The van der Waals surface area contributed by atoms with Crippen LogP contribution in [0.5, 0.6) is 0 Å². The zero-order valence-electron chi connectivity index (χ0n) is 10.4. The van der Waals surface area contributed by atoms with Gasteiger partial charge in [0, 0.05) is 31.4 Å². The number of hydrogen-bond acceptors (Lipinski definition) is 2. The van der Waals surface area contributed by atoms with Gasteiger partial charge in [0.1, 0.15) is 0 Å². The van der Waals surface area contributed by atoms with Crippen LogP contribution < -0.4 is 5.32 Å². The largest absolute Gasteiger partial charge is 0.316 e. The van der Waals surface area contributed by atoms with Gasteiger partial charge in [-0.3, -0.25) is 4.98 Å². The normalized spacial score (nSPS) is 17.7. The fourth-order valence-corrected chi connectivity index (χ4v) is 2.22. The molecule has 0 aliphatic heterocycles. The second-order valence-electron chi connectivity index (χ2n) is 5.26. The van der Waals surface area contributed by atoms with Crippen molar-refractivity contribution in [2.45, 2.75) is 33.1 Å². The molecule has 1 aromatic rings. The number of hydrogen-bond donors (Lipinski definition) is 1. The SMILES string of the molecule is CC(C)C1(CNCCc2ccccn2)CC1. The van der Waals surface area contributed by atoms with Crippen LogP contribution in [0.25, 0.3) is 0 Å². The van der Waals surface area contributed by atoms with E-state index in [4.69, 9.17) is 0 Å². The van der Waals surface area contributed by atoms with Crippen LogP contribution in [0.2, 0.25) is 0 Å². The minimum absolute atomic E-state index is 0.615. The third-order valence-corrected chi connectivity index (χ3v) is 3.88. The Morgan fingerprint density at radius 1 is 1.38 bits per heavy atom. The van der Waals surface area contributed by atoms with Crippen molar-refractivity contribution in [3.8, 4) is 0 Å². The molecule has 1 N–H and O–H groups in total. The first-order valence-electron chi connectivity index (χ1n) is 6.34. The van der Waals surface area contributed by atoms with Crippen molar-refractivity contribution in [2.75, 3.05) is 13.1 Å². The van der Waals surface area contributed by atoms with Gasteiger partial charge in [0.05, 0.1) is 0 Å². The first kappa shape index (κ1) is 11.6. The van der Waals surface area contributed by atoms with E-state index in [-0.39, 0.29) is 0 Å². The number of nitrogens with one attached hydrogen (secondary N) is 1. The lowest BCUT2D eigenvalue weighted by atomic mass is 9.92. The standard InChI is InChI=1S/C14H22N2/c1-12(2)14(7-8-14)11-15-10-6-13-5-3-4-9-16-13/h3-5,9,12,15H,6-8,10-11H2,1-2H3. The van der Waals surface area contributed by atoms with E-state index in [1.165, 1.54) is 25.1 Å². The molecule has 1 fully saturated rings. The van der Waals surface area contributed by atoms with Gasteiger partial charge in [-0.2, -0.15) is 0 Å². The number of rotatable bonds is 6. The predicted molar refractivity (Wildman–Crippen MR) is 67.3 cm³/mol.